The second kappa shape index (κ2) is 5.56. The van der Waals surface area contributed by atoms with Gasteiger partial charge in [0.05, 0.1) is 18.3 Å². The fraction of sp³-hybridized carbons (Fsp3) is 0.545. The highest BCUT2D eigenvalue weighted by Crippen LogP contribution is 2.12. The van der Waals surface area contributed by atoms with Crippen molar-refractivity contribution in [2.24, 2.45) is 0 Å². The zero-order chi connectivity index (χ0) is 11.3. The van der Waals surface area contributed by atoms with E-state index in [9.17, 15) is 4.79 Å². The smallest absolute Gasteiger partial charge is 0.236 e. The van der Waals surface area contributed by atoms with E-state index >= 15 is 0 Å². The van der Waals surface area contributed by atoms with Crippen LogP contribution in [0.2, 0.25) is 0 Å². The first-order valence-electron chi connectivity index (χ1n) is 5.22. The summed E-state index contributed by atoms with van der Waals surface area (Å²) in [5, 5.41) is 5.92. The van der Waals surface area contributed by atoms with Crippen molar-refractivity contribution in [2.75, 3.05) is 6.54 Å². The van der Waals surface area contributed by atoms with Crippen molar-refractivity contribution in [3.05, 3.63) is 24.2 Å². The van der Waals surface area contributed by atoms with Crippen LogP contribution in [0.25, 0.3) is 0 Å². The predicted octanol–water partition coefficient (Wildman–Crippen LogP) is 1.45. The number of likely N-dealkylation sites (N-methyl/N-ethyl adjacent to an activating group) is 1. The standard InChI is InChI=1S/C11H18N2O2/c1-4-12-11(14)9(3)13-8(2)10-6-5-7-15-10/h5-9,13H,4H2,1-3H3,(H,12,14)/t8-,9?/m1/s1. The van der Waals surface area contributed by atoms with E-state index in [2.05, 4.69) is 10.6 Å². The fourth-order valence-corrected chi connectivity index (χ4v) is 1.40. The average molecular weight is 210 g/mol. The molecule has 2 N–H and O–H groups in total. The molecule has 0 aromatic carbocycles. The Labute approximate surface area is 90.0 Å². The molecule has 0 spiro atoms. The number of furan rings is 1. The zero-order valence-electron chi connectivity index (χ0n) is 9.41. The number of rotatable bonds is 5. The van der Waals surface area contributed by atoms with Crippen molar-refractivity contribution in [2.45, 2.75) is 32.9 Å². The van der Waals surface area contributed by atoms with Crippen LogP contribution in [0.1, 0.15) is 32.6 Å². The zero-order valence-corrected chi connectivity index (χ0v) is 9.41. The van der Waals surface area contributed by atoms with Crippen LogP contribution in [-0.4, -0.2) is 18.5 Å². The van der Waals surface area contributed by atoms with Crippen LogP contribution < -0.4 is 10.6 Å². The van der Waals surface area contributed by atoms with E-state index in [0.717, 1.165) is 5.76 Å². The van der Waals surface area contributed by atoms with Crippen molar-refractivity contribution >= 4 is 5.91 Å². The summed E-state index contributed by atoms with van der Waals surface area (Å²) < 4.78 is 5.24. The molecule has 15 heavy (non-hydrogen) atoms. The molecule has 0 saturated carbocycles. The molecule has 0 aliphatic rings. The summed E-state index contributed by atoms with van der Waals surface area (Å²) in [4.78, 5) is 11.4. The Morgan fingerprint density at radius 3 is 2.80 bits per heavy atom. The first kappa shape index (κ1) is 11.8. The van der Waals surface area contributed by atoms with Crippen molar-refractivity contribution in [3.63, 3.8) is 0 Å². The van der Waals surface area contributed by atoms with Gasteiger partial charge in [0.25, 0.3) is 0 Å². The highest BCUT2D eigenvalue weighted by atomic mass is 16.3. The maximum absolute atomic E-state index is 11.4. The van der Waals surface area contributed by atoms with Gasteiger partial charge in [-0.25, -0.2) is 0 Å². The third-order valence-corrected chi connectivity index (χ3v) is 2.21. The van der Waals surface area contributed by atoms with Gasteiger partial charge in [-0.1, -0.05) is 0 Å². The van der Waals surface area contributed by atoms with Crippen molar-refractivity contribution < 1.29 is 9.21 Å². The van der Waals surface area contributed by atoms with Gasteiger partial charge in [0.15, 0.2) is 0 Å². The van der Waals surface area contributed by atoms with Crippen LogP contribution in [0, 0.1) is 0 Å². The van der Waals surface area contributed by atoms with Gasteiger partial charge in [0.1, 0.15) is 5.76 Å². The van der Waals surface area contributed by atoms with Crippen molar-refractivity contribution in [3.8, 4) is 0 Å². The third kappa shape index (κ3) is 3.40. The molecule has 0 fully saturated rings. The van der Waals surface area contributed by atoms with Crippen LogP contribution in [0.5, 0.6) is 0 Å². The number of amides is 1. The Kier molecular flexibility index (Phi) is 4.37. The van der Waals surface area contributed by atoms with Gasteiger partial charge >= 0.3 is 0 Å². The average Bonchev–Trinajstić information content (AvgIpc) is 2.70. The van der Waals surface area contributed by atoms with Gasteiger partial charge in [-0.05, 0) is 32.9 Å². The molecule has 84 valence electrons. The number of carbonyl (C=O) groups excluding carboxylic acids is 1. The molecule has 1 heterocycles. The monoisotopic (exact) mass is 210 g/mol. The highest BCUT2D eigenvalue weighted by Gasteiger charge is 2.16. The van der Waals surface area contributed by atoms with Crippen molar-refractivity contribution in [1.29, 1.82) is 0 Å². The Balaban J connectivity index is 2.44. The minimum Gasteiger partial charge on any atom is -0.468 e. The Bertz CT molecular complexity index is 296. The second-order valence-corrected chi connectivity index (χ2v) is 3.52. The van der Waals surface area contributed by atoms with Crippen LogP contribution in [0.3, 0.4) is 0 Å². The van der Waals surface area contributed by atoms with E-state index in [4.69, 9.17) is 4.42 Å². The Morgan fingerprint density at radius 2 is 2.27 bits per heavy atom. The predicted molar refractivity (Wildman–Crippen MR) is 58.4 cm³/mol. The molecule has 1 aromatic rings. The molecule has 2 atom stereocenters. The Morgan fingerprint density at radius 1 is 1.53 bits per heavy atom. The quantitative estimate of drug-likeness (QED) is 0.773. The maximum Gasteiger partial charge on any atom is 0.236 e. The lowest BCUT2D eigenvalue weighted by Gasteiger charge is -2.17. The molecule has 0 aliphatic heterocycles. The van der Waals surface area contributed by atoms with Gasteiger partial charge in [-0.2, -0.15) is 0 Å². The van der Waals surface area contributed by atoms with Crippen LogP contribution >= 0.6 is 0 Å². The summed E-state index contributed by atoms with van der Waals surface area (Å²) in [6, 6.07) is 3.55. The van der Waals surface area contributed by atoms with E-state index in [-0.39, 0.29) is 18.0 Å². The molecular weight excluding hydrogens is 192 g/mol. The topological polar surface area (TPSA) is 54.3 Å². The number of nitrogens with one attached hydrogen (secondary N) is 2. The molecular formula is C11H18N2O2. The van der Waals surface area contributed by atoms with E-state index in [1.165, 1.54) is 0 Å². The Hall–Kier alpha value is -1.29. The molecule has 0 radical (unpaired) electrons. The molecule has 0 saturated heterocycles. The summed E-state index contributed by atoms with van der Waals surface area (Å²) >= 11 is 0. The van der Waals surface area contributed by atoms with Gasteiger partial charge in [0, 0.05) is 6.54 Å². The number of carbonyl (C=O) groups is 1. The SMILES string of the molecule is CCNC(=O)C(C)N[C@H](C)c1ccco1. The molecule has 1 unspecified atom stereocenters. The van der Waals surface area contributed by atoms with E-state index in [1.54, 1.807) is 6.26 Å². The van der Waals surface area contributed by atoms with Crippen LogP contribution in [-0.2, 0) is 4.79 Å². The van der Waals surface area contributed by atoms with Gasteiger partial charge < -0.3 is 9.73 Å². The first-order valence-corrected chi connectivity index (χ1v) is 5.22. The second-order valence-electron chi connectivity index (χ2n) is 3.52. The summed E-state index contributed by atoms with van der Waals surface area (Å²) in [6.07, 6.45) is 1.63. The lowest BCUT2D eigenvalue weighted by atomic mass is 10.2. The summed E-state index contributed by atoms with van der Waals surface area (Å²) in [5.74, 6) is 0.849. The van der Waals surface area contributed by atoms with E-state index in [1.807, 2.05) is 32.9 Å². The minimum absolute atomic E-state index is 0.0101. The molecule has 4 nitrogen and oxygen atoms in total. The number of hydrogen-bond donors (Lipinski definition) is 2. The molecule has 1 rings (SSSR count). The van der Waals surface area contributed by atoms with Crippen LogP contribution in [0.4, 0.5) is 0 Å². The largest absolute Gasteiger partial charge is 0.468 e. The molecule has 0 aliphatic carbocycles. The summed E-state index contributed by atoms with van der Waals surface area (Å²) in [6.45, 7) is 6.36. The normalized spacial score (nSPS) is 14.6. The van der Waals surface area contributed by atoms with E-state index < -0.39 is 0 Å². The third-order valence-electron chi connectivity index (χ3n) is 2.21. The molecule has 1 aromatic heterocycles. The fourth-order valence-electron chi connectivity index (χ4n) is 1.40. The molecule has 0 bridgehead atoms. The summed E-state index contributed by atoms with van der Waals surface area (Å²) in [5.41, 5.74) is 0. The minimum atomic E-state index is -0.218. The molecule has 1 amide bonds. The lowest BCUT2D eigenvalue weighted by molar-refractivity contribution is -0.122. The molecule has 4 heteroatoms. The van der Waals surface area contributed by atoms with Gasteiger partial charge in [-0.15, -0.1) is 0 Å². The van der Waals surface area contributed by atoms with Crippen molar-refractivity contribution in [1.82, 2.24) is 10.6 Å². The highest BCUT2D eigenvalue weighted by molar-refractivity contribution is 5.81. The summed E-state index contributed by atoms with van der Waals surface area (Å²) in [7, 11) is 0. The first-order chi connectivity index (χ1) is 7.15. The number of hydrogen-bond acceptors (Lipinski definition) is 3. The van der Waals surface area contributed by atoms with E-state index in [0.29, 0.717) is 6.54 Å². The van der Waals surface area contributed by atoms with Gasteiger partial charge in [-0.3, -0.25) is 10.1 Å². The maximum atomic E-state index is 11.4. The lowest BCUT2D eigenvalue weighted by Crippen LogP contribution is -2.42. The van der Waals surface area contributed by atoms with Gasteiger partial charge in [0.2, 0.25) is 5.91 Å². The van der Waals surface area contributed by atoms with Crippen LogP contribution in [0.15, 0.2) is 22.8 Å².